The van der Waals surface area contributed by atoms with Crippen LogP contribution in [0.25, 0.3) is 10.8 Å². The van der Waals surface area contributed by atoms with E-state index in [2.05, 4.69) is 15.3 Å². The molecule has 150 valence electrons. The van der Waals surface area contributed by atoms with E-state index in [1.165, 1.54) is 11.1 Å². The van der Waals surface area contributed by atoms with E-state index in [1.54, 1.807) is 18.3 Å². The molecule has 1 saturated heterocycles. The third-order valence-corrected chi connectivity index (χ3v) is 5.30. The van der Waals surface area contributed by atoms with Crippen LogP contribution in [0, 0.1) is 0 Å². The van der Waals surface area contributed by atoms with Gasteiger partial charge in [0.15, 0.2) is 0 Å². The van der Waals surface area contributed by atoms with Gasteiger partial charge in [0.1, 0.15) is 11.5 Å². The summed E-state index contributed by atoms with van der Waals surface area (Å²) in [5, 5.41) is 5.11. The monoisotopic (exact) mass is 416 g/mol. The largest absolute Gasteiger partial charge is 0.368 e. The first kappa shape index (κ1) is 19.5. The van der Waals surface area contributed by atoms with Crippen LogP contribution in [-0.4, -0.2) is 45.8 Å². The number of halogens is 3. The standard InChI is InChI=1S/C21H19ClF2N4O/c22-15-5-6-18(26-12-15)27-13-16-11-21(23,24)8-10-28(16)20(29)19-17-4-2-1-3-14(17)7-9-25-19/h1-7,9,12,16H,8,10-11,13H2,(H,26,27). The van der Waals surface area contributed by atoms with Crippen molar-refractivity contribution in [2.24, 2.45) is 0 Å². The average molecular weight is 417 g/mol. The molecule has 1 aliphatic heterocycles. The summed E-state index contributed by atoms with van der Waals surface area (Å²) in [7, 11) is 0. The third-order valence-electron chi connectivity index (χ3n) is 5.08. The summed E-state index contributed by atoms with van der Waals surface area (Å²) in [6.07, 6.45) is 2.27. The fourth-order valence-corrected chi connectivity index (χ4v) is 3.71. The van der Waals surface area contributed by atoms with Gasteiger partial charge in [0.05, 0.1) is 11.1 Å². The molecule has 0 saturated carbocycles. The van der Waals surface area contributed by atoms with Gasteiger partial charge in [-0.15, -0.1) is 0 Å². The summed E-state index contributed by atoms with van der Waals surface area (Å²) in [6, 6.07) is 11.9. The SMILES string of the molecule is O=C(c1nccc2ccccc12)N1CCC(F)(F)CC1CNc1ccc(Cl)cn1. The fourth-order valence-electron chi connectivity index (χ4n) is 3.60. The highest BCUT2D eigenvalue weighted by atomic mass is 35.5. The van der Waals surface area contributed by atoms with Gasteiger partial charge in [0.25, 0.3) is 11.8 Å². The van der Waals surface area contributed by atoms with E-state index in [-0.39, 0.29) is 31.1 Å². The summed E-state index contributed by atoms with van der Waals surface area (Å²) in [5.74, 6) is -2.64. The Kier molecular flexibility index (Phi) is 5.32. The van der Waals surface area contributed by atoms with E-state index in [9.17, 15) is 13.6 Å². The second kappa shape index (κ2) is 7.91. The normalized spacial score (nSPS) is 18.6. The molecule has 0 spiro atoms. The number of anilines is 1. The first-order valence-corrected chi connectivity index (χ1v) is 9.69. The second-order valence-corrected chi connectivity index (χ2v) is 7.52. The quantitative estimate of drug-likeness (QED) is 0.673. The first-order chi connectivity index (χ1) is 13.9. The zero-order valence-corrected chi connectivity index (χ0v) is 16.2. The van der Waals surface area contributed by atoms with Crippen LogP contribution in [-0.2, 0) is 0 Å². The predicted octanol–water partition coefficient (Wildman–Crippen LogP) is 4.64. The molecule has 5 nitrogen and oxygen atoms in total. The summed E-state index contributed by atoms with van der Waals surface area (Å²) < 4.78 is 28.2. The molecule has 0 radical (unpaired) electrons. The van der Waals surface area contributed by atoms with Crippen molar-refractivity contribution in [3.8, 4) is 0 Å². The molecule has 3 heterocycles. The Bertz CT molecular complexity index is 1020. The Morgan fingerprint density at radius 1 is 1.21 bits per heavy atom. The van der Waals surface area contributed by atoms with E-state index in [4.69, 9.17) is 11.6 Å². The number of amides is 1. The highest BCUT2D eigenvalue weighted by molar-refractivity contribution is 6.30. The number of piperidine rings is 1. The van der Waals surface area contributed by atoms with Gasteiger partial charge >= 0.3 is 0 Å². The van der Waals surface area contributed by atoms with Gasteiger partial charge in [-0.3, -0.25) is 9.78 Å². The molecule has 0 bridgehead atoms. The smallest absolute Gasteiger partial charge is 0.273 e. The summed E-state index contributed by atoms with van der Waals surface area (Å²) in [6.45, 7) is 0.123. The van der Waals surface area contributed by atoms with Gasteiger partial charge < -0.3 is 10.2 Å². The number of aromatic nitrogens is 2. The molecule has 1 atom stereocenters. The summed E-state index contributed by atoms with van der Waals surface area (Å²) in [5.41, 5.74) is 0.280. The topological polar surface area (TPSA) is 58.1 Å². The number of pyridine rings is 2. The number of carbonyl (C=O) groups excluding carboxylic acids is 1. The van der Waals surface area contributed by atoms with Gasteiger partial charge in [0, 0.05) is 43.7 Å². The number of likely N-dealkylation sites (tertiary alicyclic amines) is 1. The Hall–Kier alpha value is -2.80. The van der Waals surface area contributed by atoms with Crippen molar-refractivity contribution >= 4 is 34.1 Å². The lowest BCUT2D eigenvalue weighted by Gasteiger charge is -2.39. The predicted molar refractivity (Wildman–Crippen MR) is 108 cm³/mol. The molecule has 1 fully saturated rings. The lowest BCUT2D eigenvalue weighted by molar-refractivity contribution is -0.0674. The minimum absolute atomic E-state index is 0.0306. The Morgan fingerprint density at radius 2 is 2.03 bits per heavy atom. The number of fused-ring (bicyclic) bond motifs is 1. The molecule has 1 aromatic carbocycles. The van der Waals surface area contributed by atoms with Crippen molar-refractivity contribution in [2.45, 2.75) is 24.8 Å². The number of benzene rings is 1. The molecule has 0 aliphatic carbocycles. The van der Waals surface area contributed by atoms with Gasteiger partial charge in [0.2, 0.25) is 0 Å². The lowest BCUT2D eigenvalue weighted by Crippen LogP contribution is -2.52. The maximum atomic E-state index is 14.1. The minimum atomic E-state index is -2.82. The lowest BCUT2D eigenvalue weighted by atomic mass is 9.97. The number of hydrogen-bond acceptors (Lipinski definition) is 4. The Balaban J connectivity index is 1.59. The van der Waals surface area contributed by atoms with Crippen molar-refractivity contribution in [1.82, 2.24) is 14.9 Å². The number of hydrogen-bond donors (Lipinski definition) is 1. The molecule has 29 heavy (non-hydrogen) atoms. The molecule has 2 aromatic heterocycles. The van der Waals surface area contributed by atoms with Crippen LogP contribution in [0.3, 0.4) is 0 Å². The van der Waals surface area contributed by atoms with Gasteiger partial charge in [-0.2, -0.15) is 0 Å². The molecule has 1 amide bonds. The van der Waals surface area contributed by atoms with Crippen LogP contribution in [0.5, 0.6) is 0 Å². The fraction of sp³-hybridized carbons (Fsp3) is 0.286. The van der Waals surface area contributed by atoms with E-state index in [0.717, 1.165) is 5.39 Å². The van der Waals surface area contributed by atoms with Crippen molar-refractivity contribution in [3.05, 3.63) is 65.6 Å². The van der Waals surface area contributed by atoms with E-state index in [1.807, 2.05) is 30.3 Å². The zero-order chi connectivity index (χ0) is 20.4. The molecular formula is C21H19ClF2N4O. The molecule has 8 heteroatoms. The van der Waals surface area contributed by atoms with Gasteiger partial charge in [-0.05, 0) is 23.6 Å². The maximum absolute atomic E-state index is 14.1. The minimum Gasteiger partial charge on any atom is -0.368 e. The molecule has 3 aromatic rings. The number of nitrogens with one attached hydrogen (secondary N) is 1. The van der Waals surface area contributed by atoms with Crippen molar-refractivity contribution in [2.75, 3.05) is 18.4 Å². The molecule has 4 rings (SSSR count). The van der Waals surface area contributed by atoms with Crippen LogP contribution >= 0.6 is 11.6 Å². The van der Waals surface area contributed by atoms with Crippen LogP contribution in [0.2, 0.25) is 5.02 Å². The highest BCUT2D eigenvalue weighted by Crippen LogP contribution is 2.33. The summed E-state index contributed by atoms with van der Waals surface area (Å²) >= 11 is 5.83. The van der Waals surface area contributed by atoms with Crippen LogP contribution < -0.4 is 5.32 Å². The molecule has 1 unspecified atom stereocenters. The van der Waals surface area contributed by atoms with E-state index >= 15 is 0 Å². The molecular weight excluding hydrogens is 398 g/mol. The number of nitrogens with zero attached hydrogens (tertiary/aromatic N) is 3. The number of rotatable bonds is 4. The van der Waals surface area contributed by atoms with Crippen LogP contribution in [0.1, 0.15) is 23.3 Å². The van der Waals surface area contributed by atoms with Crippen LogP contribution in [0.4, 0.5) is 14.6 Å². The Morgan fingerprint density at radius 3 is 2.83 bits per heavy atom. The van der Waals surface area contributed by atoms with Crippen molar-refractivity contribution in [3.63, 3.8) is 0 Å². The van der Waals surface area contributed by atoms with Crippen LogP contribution in [0.15, 0.2) is 54.9 Å². The maximum Gasteiger partial charge on any atom is 0.273 e. The second-order valence-electron chi connectivity index (χ2n) is 7.09. The first-order valence-electron chi connectivity index (χ1n) is 9.31. The average Bonchev–Trinajstić information content (AvgIpc) is 2.72. The van der Waals surface area contributed by atoms with E-state index < -0.39 is 18.4 Å². The summed E-state index contributed by atoms with van der Waals surface area (Å²) in [4.78, 5) is 23.1. The van der Waals surface area contributed by atoms with E-state index in [0.29, 0.717) is 16.2 Å². The number of alkyl halides is 2. The molecule has 1 N–H and O–H groups in total. The van der Waals surface area contributed by atoms with Crippen molar-refractivity contribution < 1.29 is 13.6 Å². The van der Waals surface area contributed by atoms with Gasteiger partial charge in [-0.1, -0.05) is 35.9 Å². The zero-order valence-electron chi connectivity index (χ0n) is 15.5. The van der Waals surface area contributed by atoms with Gasteiger partial charge in [-0.25, -0.2) is 13.8 Å². The highest BCUT2D eigenvalue weighted by Gasteiger charge is 2.42. The third kappa shape index (κ3) is 4.29. The molecule has 1 aliphatic rings. The van der Waals surface area contributed by atoms with Crippen molar-refractivity contribution in [1.29, 1.82) is 0 Å². The Labute approximate surface area is 171 Å². The number of carbonyl (C=O) groups is 1.